The average molecular weight is 775 g/mol. The molecule has 0 aromatic rings. The molecule has 0 aromatic carbocycles. The molecule has 0 radical (unpaired) electrons. The Morgan fingerprint density at radius 2 is 1.40 bits per heavy atom. The summed E-state index contributed by atoms with van der Waals surface area (Å²) in [6.45, 7) is 13.0. The second-order valence-corrected chi connectivity index (χ2v) is 14.6. The van der Waals surface area contributed by atoms with E-state index in [1.54, 1.807) is 0 Å². The Labute approximate surface area is 312 Å². The van der Waals surface area contributed by atoms with E-state index in [1.165, 1.54) is 90.1 Å². The summed E-state index contributed by atoms with van der Waals surface area (Å²) in [5.74, 6) is 0.864. The van der Waals surface area contributed by atoms with Gasteiger partial charge in [0.05, 0.1) is 33.1 Å². The largest absolute Gasteiger partial charge is 3.00 e. The minimum absolute atomic E-state index is 0. The van der Waals surface area contributed by atoms with Crippen molar-refractivity contribution in [1.82, 2.24) is 20.0 Å². The van der Waals surface area contributed by atoms with Gasteiger partial charge in [0.1, 0.15) is 5.00 Å². The Morgan fingerprint density at radius 3 is 2.05 bits per heavy atom. The molecule has 1 N–H and O–H groups in total. The first-order chi connectivity index (χ1) is 18.1. The van der Waals surface area contributed by atoms with Gasteiger partial charge in [-0.3, -0.25) is 4.90 Å². The van der Waals surface area contributed by atoms with Gasteiger partial charge < -0.3 is 69.2 Å². The van der Waals surface area contributed by atoms with Crippen LogP contribution >= 0.6 is 23.2 Å². The van der Waals surface area contributed by atoms with E-state index >= 15 is 0 Å². The fourth-order valence-electron chi connectivity index (χ4n) is 6.31. The number of fused-ring (bicyclic) bond motifs is 3. The van der Waals surface area contributed by atoms with Gasteiger partial charge >= 0.3 is 17.1 Å². The predicted octanol–water partition coefficient (Wildman–Crippen LogP) is -5.89. The summed E-state index contributed by atoms with van der Waals surface area (Å²) in [5.41, 5.74) is 0. The smallest absolute Gasteiger partial charge is 1.00 e. The number of hydrogen-bond acceptors (Lipinski definition) is 4. The molecule has 0 aromatic heterocycles. The molecular formula is C31H64Cl6MnN5. The number of nitrogens with one attached hydrogen (secondary N) is 1. The predicted molar refractivity (Wildman–Crippen MR) is 169 cm³/mol. The summed E-state index contributed by atoms with van der Waals surface area (Å²) in [7, 11) is 9.22. The van der Waals surface area contributed by atoms with Crippen LogP contribution in [0.1, 0.15) is 90.4 Å². The van der Waals surface area contributed by atoms with E-state index in [4.69, 9.17) is 23.2 Å². The van der Waals surface area contributed by atoms with E-state index in [0.717, 1.165) is 69.2 Å². The molecule has 2 fully saturated rings. The van der Waals surface area contributed by atoms with Crippen molar-refractivity contribution in [2.45, 2.75) is 101 Å². The van der Waals surface area contributed by atoms with Crippen molar-refractivity contribution in [2.24, 2.45) is 5.92 Å². The first-order valence-corrected chi connectivity index (χ1v) is 17.0. The van der Waals surface area contributed by atoms with Crippen molar-refractivity contribution < 1.29 is 71.2 Å². The molecule has 5 atom stereocenters. The number of rotatable bonds is 15. The maximum atomic E-state index is 7.58. The van der Waals surface area contributed by atoms with Gasteiger partial charge in [0.25, 0.3) is 0 Å². The minimum atomic E-state index is -0.475. The van der Waals surface area contributed by atoms with E-state index in [2.05, 4.69) is 55.1 Å². The molecule has 2 rings (SSSR count). The van der Waals surface area contributed by atoms with E-state index in [9.17, 15) is 0 Å². The number of hydrogen-bond donors (Lipinski definition) is 1. The molecule has 2 aliphatic heterocycles. The van der Waals surface area contributed by atoms with Gasteiger partial charge in [-0.2, -0.15) is 0 Å². The third kappa shape index (κ3) is 22.3. The zero-order chi connectivity index (χ0) is 27.9. The van der Waals surface area contributed by atoms with Crippen LogP contribution in [-0.4, -0.2) is 123 Å². The topological polar surface area (TPSA) is 21.8 Å². The standard InChI is InChI=1S/C31H64Cl2N5.4ClH.Mn/c1-6-7-8-9-10-15-29(17-13-27-38(3,4)5)16-11-12-18-31(33)30(32)28-34-19-22-36-21-14-20-35(2)23-25-37(31)26-24-36;;;;;/h29-30,34H,6-28H2,1-5H3;4*1H;/q+1;;;;;+3/p-4. The molecule has 2 heterocycles. The molecular weight excluding hydrogens is 710 g/mol. The summed E-state index contributed by atoms with van der Waals surface area (Å²) >= 11 is 14.7. The van der Waals surface area contributed by atoms with E-state index < -0.39 is 5.00 Å². The second-order valence-electron chi connectivity index (χ2n) is 13.4. The summed E-state index contributed by atoms with van der Waals surface area (Å²) in [6, 6.07) is 0. The molecule has 2 bridgehead atoms. The quantitative estimate of drug-likeness (QED) is 0.0590. The van der Waals surface area contributed by atoms with Crippen LogP contribution in [0, 0.1) is 5.92 Å². The maximum Gasteiger partial charge on any atom is 3.00 e. The van der Waals surface area contributed by atoms with Gasteiger partial charge in [-0.1, -0.05) is 64.7 Å². The Morgan fingerprint density at radius 1 is 0.791 bits per heavy atom. The zero-order valence-corrected chi connectivity index (χ0v) is 33.6. The van der Waals surface area contributed by atoms with Gasteiger partial charge in [0, 0.05) is 45.8 Å². The molecule has 2 saturated heterocycles. The van der Waals surface area contributed by atoms with Gasteiger partial charge in [-0.15, -0.1) is 23.2 Å². The number of unbranched alkanes of at least 4 members (excludes halogenated alkanes) is 5. The second kappa shape index (κ2) is 29.0. The van der Waals surface area contributed by atoms with Gasteiger partial charge in [0.2, 0.25) is 0 Å². The Kier molecular flexibility index (Phi) is 35.0. The van der Waals surface area contributed by atoms with E-state index in [0.29, 0.717) is 0 Å². The third-order valence-corrected chi connectivity index (χ3v) is 10.3. The molecule has 0 spiro atoms. The fourth-order valence-corrected chi connectivity index (χ4v) is 7.05. The SMILES string of the molecule is CCCCCCCC(CCCCC1(Cl)C(Cl)CNCCN2CCCN(C)CCN1CC2)CCC[N+](C)(C)C.[Cl-].[Cl-].[Cl-].[Cl-].[Mn+3]. The van der Waals surface area contributed by atoms with Crippen LogP contribution in [-0.2, 0) is 17.1 Å². The average Bonchev–Trinajstić information content (AvgIpc) is 2.86. The fraction of sp³-hybridized carbons (Fsp3) is 1.00. The normalized spacial score (nSPS) is 25.9. The summed E-state index contributed by atoms with van der Waals surface area (Å²) < 4.78 is 1.07. The van der Waals surface area contributed by atoms with Crippen LogP contribution < -0.4 is 54.9 Å². The molecule has 0 aliphatic carbocycles. The molecule has 2 aliphatic rings. The molecule has 262 valence electrons. The van der Waals surface area contributed by atoms with Crippen molar-refractivity contribution in [3.05, 3.63) is 0 Å². The van der Waals surface area contributed by atoms with Crippen LogP contribution in [0.2, 0.25) is 0 Å². The summed E-state index contributed by atoms with van der Waals surface area (Å²) in [4.78, 5) is 7.16. The van der Waals surface area contributed by atoms with E-state index in [1.807, 2.05) is 0 Å². The van der Waals surface area contributed by atoms with Crippen molar-refractivity contribution in [3.63, 3.8) is 0 Å². The summed E-state index contributed by atoms with van der Waals surface area (Å²) in [6.07, 6.45) is 17.1. The minimum Gasteiger partial charge on any atom is -1.00 e. The zero-order valence-electron chi connectivity index (χ0n) is 27.9. The van der Waals surface area contributed by atoms with Crippen molar-refractivity contribution >= 4 is 23.2 Å². The first-order valence-electron chi connectivity index (χ1n) is 16.1. The van der Waals surface area contributed by atoms with Crippen LogP contribution in [0.5, 0.6) is 0 Å². The number of nitrogens with zero attached hydrogens (tertiary/aromatic N) is 4. The van der Waals surface area contributed by atoms with Crippen LogP contribution in [0.25, 0.3) is 0 Å². The summed E-state index contributed by atoms with van der Waals surface area (Å²) in [5, 5.41) is 3.54. The van der Waals surface area contributed by atoms with Crippen LogP contribution in [0.3, 0.4) is 0 Å². The van der Waals surface area contributed by atoms with Crippen molar-refractivity contribution in [3.8, 4) is 0 Å². The van der Waals surface area contributed by atoms with Crippen molar-refractivity contribution in [1.29, 1.82) is 0 Å². The number of halogens is 6. The number of alkyl halides is 2. The maximum absolute atomic E-state index is 7.58. The monoisotopic (exact) mass is 771 g/mol. The molecule has 0 saturated carbocycles. The van der Waals surface area contributed by atoms with Crippen LogP contribution in [0.4, 0.5) is 0 Å². The van der Waals surface area contributed by atoms with Crippen molar-refractivity contribution in [2.75, 3.05) is 93.6 Å². The third-order valence-electron chi connectivity index (χ3n) is 8.93. The van der Waals surface area contributed by atoms with E-state index in [-0.39, 0.29) is 72.1 Å². The number of likely N-dealkylation sites (N-methyl/N-ethyl adjacent to an activating group) is 1. The van der Waals surface area contributed by atoms with Crippen LogP contribution in [0.15, 0.2) is 0 Å². The first kappa shape index (κ1) is 51.9. The molecule has 43 heavy (non-hydrogen) atoms. The Bertz CT molecular complexity index is 622. The van der Waals surface area contributed by atoms with Gasteiger partial charge in [-0.25, -0.2) is 0 Å². The van der Waals surface area contributed by atoms with Gasteiger partial charge in [0.15, 0.2) is 0 Å². The Balaban J connectivity index is -0.00000152. The molecule has 5 nitrogen and oxygen atoms in total. The Hall–Kier alpha value is 2.06. The number of quaternary nitrogens is 1. The molecule has 5 unspecified atom stereocenters. The van der Waals surface area contributed by atoms with Gasteiger partial charge in [-0.05, 0) is 51.7 Å². The molecule has 12 heteroatoms. The molecule has 0 amide bonds.